The van der Waals surface area contributed by atoms with E-state index in [1.807, 2.05) is 6.92 Å². The molecule has 0 amide bonds. The molecule has 0 aromatic rings. The van der Waals surface area contributed by atoms with Gasteiger partial charge in [0.2, 0.25) is 0 Å². The molecule has 4 atom stereocenters. The van der Waals surface area contributed by atoms with Crippen LogP contribution in [0.3, 0.4) is 0 Å². The number of halogens is 3. The molecule has 1 aliphatic rings. The van der Waals surface area contributed by atoms with Gasteiger partial charge in [-0.2, -0.15) is 13.2 Å². The average Bonchev–Trinajstić information content (AvgIpc) is 2.26. The van der Waals surface area contributed by atoms with E-state index in [1.165, 1.54) is 0 Å². The van der Waals surface area contributed by atoms with Crippen LogP contribution in [0.1, 0.15) is 46.0 Å². The van der Waals surface area contributed by atoms with Crippen molar-refractivity contribution in [3.05, 3.63) is 0 Å². The van der Waals surface area contributed by atoms with Crippen molar-refractivity contribution in [3.8, 4) is 0 Å². The van der Waals surface area contributed by atoms with Crippen molar-refractivity contribution in [2.24, 2.45) is 11.7 Å². The fourth-order valence-electron chi connectivity index (χ4n) is 3.11. The second-order valence-electron chi connectivity index (χ2n) is 5.95. The highest BCUT2D eigenvalue weighted by atomic mass is 19.4. The zero-order chi connectivity index (χ0) is 14.7. The van der Waals surface area contributed by atoms with Gasteiger partial charge in [-0.05, 0) is 39.5 Å². The first-order valence-electron chi connectivity index (χ1n) is 6.91. The van der Waals surface area contributed by atoms with Crippen molar-refractivity contribution in [3.63, 3.8) is 0 Å². The molecule has 0 aromatic heterocycles. The molecule has 6 heteroatoms. The van der Waals surface area contributed by atoms with E-state index in [9.17, 15) is 18.3 Å². The molecule has 4 N–H and O–H groups in total. The van der Waals surface area contributed by atoms with Gasteiger partial charge < -0.3 is 16.2 Å². The number of aliphatic hydroxyl groups is 1. The Hall–Kier alpha value is -0.330. The molecule has 0 radical (unpaired) electrons. The lowest BCUT2D eigenvalue weighted by Gasteiger charge is -2.43. The van der Waals surface area contributed by atoms with Crippen LogP contribution in [0.5, 0.6) is 0 Å². The van der Waals surface area contributed by atoms with Crippen LogP contribution in [-0.4, -0.2) is 35.5 Å². The molecule has 0 heterocycles. The topological polar surface area (TPSA) is 58.3 Å². The van der Waals surface area contributed by atoms with Crippen LogP contribution in [0.4, 0.5) is 13.2 Å². The zero-order valence-corrected chi connectivity index (χ0v) is 11.6. The molecule has 3 nitrogen and oxygen atoms in total. The van der Waals surface area contributed by atoms with Gasteiger partial charge in [0.25, 0.3) is 0 Å². The van der Waals surface area contributed by atoms with Gasteiger partial charge in [-0.1, -0.05) is 6.42 Å². The predicted octanol–water partition coefficient (Wildman–Crippen LogP) is 2.19. The monoisotopic (exact) mass is 282 g/mol. The van der Waals surface area contributed by atoms with Gasteiger partial charge in [0, 0.05) is 18.1 Å². The largest absolute Gasteiger partial charge is 0.393 e. The minimum absolute atomic E-state index is 0.0388. The first-order valence-corrected chi connectivity index (χ1v) is 6.91. The van der Waals surface area contributed by atoms with Gasteiger partial charge in [0.15, 0.2) is 0 Å². The normalized spacial score (nSPS) is 32.1. The quantitative estimate of drug-likeness (QED) is 0.724. The molecule has 4 unspecified atom stereocenters. The summed E-state index contributed by atoms with van der Waals surface area (Å²) in [5.74, 6) is -1.27. The highest BCUT2D eigenvalue weighted by Gasteiger charge is 2.47. The maximum absolute atomic E-state index is 12.9. The number of alkyl halides is 3. The Labute approximate surface area is 112 Å². The van der Waals surface area contributed by atoms with Crippen molar-refractivity contribution < 1.29 is 18.3 Å². The third-order valence-corrected chi connectivity index (χ3v) is 3.95. The Bertz CT molecular complexity index is 284. The molecule has 1 aliphatic carbocycles. The minimum Gasteiger partial charge on any atom is -0.393 e. The first kappa shape index (κ1) is 16.7. The maximum Gasteiger partial charge on any atom is 0.391 e. The summed E-state index contributed by atoms with van der Waals surface area (Å²) in [6, 6.07) is -0.0458. The maximum atomic E-state index is 12.9. The molecular formula is C13H25F3N2O. The molecule has 114 valence electrons. The summed E-state index contributed by atoms with van der Waals surface area (Å²) in [5, 5.41) is 12.6. The van der Waals surface area contributed by atoms with E-state index in [4.69, 9.17) is 5.73 Å². The van der Waals surface area contributed by atoms with Crippen molar-refractivity contribution in [1.82, 2.24) is 5.32 Å². The van der Waals surface area contributed by atoms with Crippen LogP contribution in [-0.2, 0) is 0 Å². The van der Waals surface area contributed by atoms with Crippen LogP contribution in [0, 0.1) is 5.92 Å². The van der Waals surface area contributed by atoms with Gasteiger partial charge >= 0.3 is 6.18 Å². The van der Waals surface area contributed by atoms with Gasteiger partial charge in [-0.3, -0.25) is 0 Å². The van der Waals surface area contributed by atoms with E-state index in [2.05, 4.69) is 5.32 Å². The molecule has 1 rings (SSSR count). The Morgan fingerprint density at radius 3 is 2.53 bits per heavy atom. The van der Waals surface area contributed by atoms with Crippen LogP contribution >= 0.6 is 0 Å². The summed E-state index contributed by atoms with van der Waals surface area (Å²) in [5.41, 5.74) is 5.08. The second kappa shape index (κ2) is 6.41. The zero-order valence-electron chi connectivity index (χ0n) is 11.6. The van der Waals surface area contributed by atoms with Crippen molar-refractivity contribution in [1.29, 1.82) is 0 Å². The van der Waals surface area contributed by atoms with Crippen LogP contribution in [0.2, 0.25) is 0 Å². The smallest absolute Gasteiger partial charge is 0.391 e. The fourth-order valence-corrected chi connectivity index (χ4v) is 3.11. The van der Waals surface area contributed by atoms with Gasteiger partial charge in [0.05, 0.1) is 12.0 Å². The summed E-state index contributed by atoms with van der Waals surface area (Å²) in [7, 11) is 0. The standard InChI is InChI=1S/C13H25F3N2O/c1-9(6-10(2)19)18-12(8-17)5-3-4-11(7-12)13(14,15)16/h9-11,18-19H,3-8,17H2,1-2H3. The highest BCUT2D eigenvalue weighted by molar-refractivity contribution is 4.97. The lowest BCUT2D eigenvalue weighted by molar-refractivity contribution is -0.188. The van der Waals surface area contributed by atoms with E-state index in [1.54, 1.807) is 6.92 Å². The number of hydrogen-bond donors (Lipinski definition) is 3. The molecule has 19 heavy (non-hydrogen) atoms. The Balaban J connectivity index is 2.68. The van der Waals surface area contributed by atoms with Gasteiger partial charge in [-0.15, -0.1) is 0 Å². The van der Waals surface area contributed by atoms with E-state index < -0.39 is 23.7 Å². The van der Waals surface area contributed by atoms with E-state index in [0.717, 1.165) is 0 Å². The van der Waals surface area contributed by atoms with Crippen molar-refractivity contribution in [2.45, 2.75) is 69.8 Å². The molecular weight excluding hydrogens is 257 g/mol. The third kappa shape index (κ3) is 4.93. The second-order valence-corrected chi connectivity index (χ2v) is 5.95. The minimum atomic E-state index is -4.14. The molecule has 0 bridgehead atoms. The van der Waals surface area contributed by atoms with Crippen LogP contribution in [0.15, 0.2) is 0 Å². The van der Waals surface area contributed by atoms with E-state index >= 15 is 0 Å². The molecule has 0 aromatic carbocycles. The van der Waals surface area contributed by atoms with Gasteiger partial charge in [-0.25, -0.2) is 0 Å². The predicted molar refractivity (Wildman–Crippen MR) is 68.7 cm³/mol. The third-order valence-electron chi connectivity index (χ3n) is 3.95. The van der Waals surface area contributed by atoms with E-state index in [-0.39, 0.29) is 25.4 Å². The number of aliphatic hydroxyl groups excluding tert-OH is 1. The lowest BCUT2D eigenvalue weighted by atomic mass is 9.75. The lowest BCUT2D eigenvalue weighted by Crippen LogP contribution is -2.58. The Kier molecular flexibility index (Phi) is 5.65. The summed E-state index contributed by atoms with van der Waals surface area (Å²) in [6.07, 6.45) is -2.67. The highest BCUT2D eigenvalue weighted by Crippen LogP contribution is 2.41. The Morgan fingerprint density at radius 2 is 2.05 bits per heavy atom. The molecule has 0 spiro atoms. The average molecular weight is 282 g/mol. The Morgan fingerprint density at radius 1 is 1.42 bits per heavy atom. The summed E-state index contributed by atoms with van der Waals surface area (Å²) in [6.45, 7) is 3.75. The van der Waals surface area contributed by atoms with Crippen LogP contribution in [0.25, 0.3) is 0 Å². The van der Waals surface area contributed by atoms with E-state index in [0.29, 0.717) is 19.3 Å². The van der Waals surface area contributed by atoms with Gasteiger partial charge in [0.1, 0.15) is 0 Å². The molecule has 0 saturated heterocycles. The summed E-state index contributed by atoms with van der Waals surface area (Å²) >= 11 is 0. The van der Waals surface area contributed by atoms with Crippen molar-refractivity contribution >= 4 is 0 Å². The number of hydrogen-bond acceptors (Lipinski definition) is 3. The van der Waals surface area contributed by atoms with Crippen molar-refractivity contribution in [2.75, 3.05) is 6.54 Å². The number of rotatable bonds is 5. The summed E-state index contributed by atoms with van der Waals surface area (Å²) < 4.78 is 38.6. The number of nitrogens with two attached hydrogens (primary N) is 1. The SMILES string of the molecule is CC(O)CC(C)NC1(CN)CCCC(C(F)(F)F)C1. The van der Waals surface area contributed by atoms with Crippen LogP contribution < -0.4 is 11.1 Å². The molecule has 1 saturated carbocycles. The molecule has 1 fully saturated rings. The fraction of sp³-hybridized carbons (Fsp3) is 1.00. The number of nitrogens with one attached hydrogen (secondary N) is 1. The summed E-state index contributed by atoms with van der Waals surface area (Å²) in [4.78, 5) is 0. The molecule has 0 aliphatic heterocycles. The first-order chi connectivity index (χ1) is 8.68.